The Bertz CT molecular complexity index is 328. The summed E-state index contributed by atoms with van der Waals surface area (Å²) in [6, 6.07) is 4.98. The van der Waals surface area contributed by atoms with Gasteiger partial charge in [-0.2, -0.15) is 0 Å². The molecule has 0 amide bonds. The summed E-state index contributed by atoms with van der Waals surface area (Å²) >= 11 is 5.69. The number of carboxylic acids is 1. The summed E-state index contributed by atoms with van der Waals surface area (Å²) in [5.41, 5.74) is 0.153. The maximum atomic E-state index is 10.7. The summed E-state index contributed by atoms with van der Waals surface area (Å²) in [6.45, 7) is 0. The van der Waals surface area contributed by atoms with Crippen LogP contribution in [-0.2, 0) is 0 Å². The second kappa shape index (κ2) is 4.79. The van der Waals surface area contributed by atoms with Gasteiger partial charge in [0.15, 0.2) is 0 Å². The summed E-state index contributed by atoms with van der Waals surface area (Å²) in [4.78, 5) is 11.6. The van der Waals surface area contributed by atoms with Crippen LogP contribution in [0.25, 0.3) is 0 Å². The minimum atomic E-state index is -0.992. The van der Waals surface area contributed by atoms with E-state index in [0.29, 0.717) is 0 Å². The van der Waals surface area contributed by atoms with Gasteiger partial charge in [-0.25, -0.2) is 4.79 Å². The highest BCUT2D eigenvalue weighted by Crippen LogP contribution is 2.31. The first kappa shape index (κ1) is 10.8. The number of rotatable bonds is 3. The minimum absolute atomic E-state index is 0.153. The molecule has 0 heterocycles. The number of hydrogen-bond donors (Lipinski definition) is 1. The number of halogens is 1. The van der Waals surface area contributed by atoms with Gasteiger partial charge in [0.05, 0.1) is 10.6 Å². The Hall–Kier alpha value is -0.320. The molecule has 2 nitrogen and oxygen atoms in total. The molecular weight excluding hydrogens is 228 g/mol. The normalized spacial score (nSPS) is 10.0. The molecule has 0 saturated carbocycles. The van der Waals surface area contributed by atoms with Crippen molar-refractivity contribution in [3.05, 3.63) is 28.8 Å². The Balaban J connectivity index is 3.04. The van der Waals surface area contributed by atoms with Crippen LogP contribution in [0, 0.1) is 0 Å². The van der Waals surface area contributed by atoms with E-state index in [1.165, 1.54) is 10.8 Å². The second-order valence-corrected chi connectivity index (χ2v) is 5.08. The van der Waals surface area contributed by atoms with Gasteiger partial charge >= 0.3 is 5.97 Å². The van der Waals surface area contributed by atoms with Gasteiger partial charge in [-0.05, 0) is 24.5 Å². The zero-order valence-electron chi connectivity index (χ0n) is 6.78. The fourth-order valence-electron chi connectivity index (χ4n) is 0.816. The molecule has 1 aromatic rings. The molecule has 0 saturated heterocycles. The molecule has 0 aliphatic rings. The van der Waals surface area contributed by atoms with Crippen molar-refractivity contribution in [3.8, 4) is 0 Å². The molecule has 0 aliphatic carbocycles. The summed E-state index contributed by atoms with van der Waals surface area (Å²) < 4.78 is 0. The average Bonchev–Trinajstić information content (AvgIpc) is 2.08. The minimum Gasteiger partial charge on any atom is -0.478 e. The molecule has 1 aromatic carbocycles. The smallest absolute Gasteiger partial charge is 0.337 e. The van der Waals surface area contributed by atoms with Crippen LogP contribution >= 0.6 is 33.2 Å². The molecule has 0 bridgehead atoms. The largest absolute Gasteiger partial charge is 0.478 e. The SMILES string of the molecule is CSSc1ccc(Cl)c(C(=O)O)c1. The lowest BCUT2D eigenvalue weighted by molar-refractivity contribution is 0.0697. The molecule has 70 valence electrons. The fraction of sp³-hybridized carbons (Fsp3) is 0.125. The van der Waals surface area contributed by atoms with Gasteiger partial charge < -0.3 is 5.11 Å². The molecule has 0 unspecified atom stereocenters. The zero-order valence-corrected chi connectivity index (χ0v) is 9.17. The molecule has 0 atom stereocenters. The third-order valence-electron chi connectivity index (χ3n) is 1.35. The molecule has 0 aliphatic heterocycles. The van der Waals surface area contributed by atoms with Crippen molar-refractivity contribution in [2.24, 2.45) is 0 Å². The van der Waals surface area contributed by atoms with Crippen LogP contribution in [0.4, 0.5) is 0 Å². The van der Waals surface area contributed by atoms with E-state index in [-0.39, 0.29) is 10.6 Å². The van der Waals surface area contributed by atoms with Crippen LogP contribution in [0.1, 0.15) is 10.4 Å². The summed E-state index contributed by atoms with van der Waals surface area (Å²) in [7, 11) is 3.07. The van der Waals surface area contributed by atoms with E-state index in [9.17, 15) is 4.79 Å². The molecule has 13 heavy (non-hydrogen) atoms. The molecule has 1 N–H and O–H groups in total. The van der Waals surface area contributed by atoms with E-state index in [4.69, 9.17) is 16.7 Å². The van der Waals surface area contributed by atoms with Crippen LogP contribution in [0.3, 0.4) is 0 Å². The van der Waals surface area contributed by atoms with Crippen LogP contribution in [0.15, 0.2) is 23.1 Å². The lowest BCUT2D eigenvalue weighted by atomic mass is 10.2. The first-order chi connectivity index (χ1) is 6.15. The first-order valence-electron chi connectivity index (χ1n) is 3.38. The van der Waals surface area contributed by atoms with Crippen molar-refractivity contribution in [2.45, 2.75) is 4.90 Å². The van der Waals surface area contributed by atoms with Crippen molar-refractivity contribution in [1.29, 1.82) is 0 Å². The van der Waals surface area contributed by atoms with Crippen LogP contribution < -0.4 is 0 Å². The van der Waals surface area contributed by atoms with Gasteiger partial charge in [-0.15, -0.1) is 0 Å². The molecule has 0 fully saturated rings. The van der Waals surface area contributed by atoms with Gasteiger partial charge in [0.25, 0.3) is 0 Å². The molecule has 5 heteroatoms. The third kappa shape index (κ3) is 2.83. The number of carbonyl (C=O) groups is 1. The molecule has 0 aromatic heterocycles. The Morgan fingerprint density at radius 2 is 2.23 bits per heavy atom. The number of carboxylic acid groups (broad SMARTS) is 1. The third-order valence-corrected chi connectivity index (χ3v) is 3.37. The maximum absolute atomic E-state index is 10.7. The molecule has 0 spiro atoms. The van der Waals surface area contributed by atoms with E-state index < -0.39 is 5.97 Å². The van der Waals surface area contributed by atoms with Gasteiger partial charge in [0, 0.05) is 4.90 Å². The molecule has 1 rings (SSSR count). The summed E-state index contributed by atoms with van der Waals surface area (Å²) in [5, 5.41) is 9.03. The Morgan fingerprint density at radius 1 is 1.54 bits per heavy atom. The van der Waals surface area contributed by atoms with Crippen LogP contribution in [0.2, 0.25) is 5.02 Å². The number of hydrogen-bond acceptors (Lipinski definition) is 3. The fourth-order valence-corrected chi connectivity index (χ4v) is 2.39. The van der Waals surface area contributed by atoms with E-state index >= 15 is 0 Å². The lowest BCUT2D eigenvalue weighted by Gasteiger charge is -2.01. The predicted octanol–water partition coefficient (Wildman–Crippen LogP) is 3.41. The highest BCUT2D eigenvalue weighted by Gasteiger charge is 2.08. The highest BCUT2D eigenvalue weighted by molar-refractivity contribution is 8.76. The highest BCUT2D eigenvalue weighted by atomic mass is 35.5. The summed E-state index contributed by atoms with van der Waals surface area (Å²) in [5.74, 6) is -0.992. The van der Waals surface area contributed by atoms with Gasteiger partial charge in [0.1, 0.15) is 0 Å². The predicted molar refractivity (Wildman–Crippen MR) is 57.8 cm³/mol. The van der Waals surface area contributed by atoms with Crippen molar-refractivity contribution in [1.82, 2.24) is 0 Å². The van der Waals surface area contributed by atoms with E-state index in [1.807, 2.05) is 6.26 Å². The van der Waals surface area contributed by atoms with Gasteiger partial charge in [0.2, 0.25) is 0 Å². The lowest BCUT2D eigenvalue weighted by Crippen LogP contribution is -1.96. The Labute approximate surface area is 89.1 Å². The van der Waals surface area contributed by atoms with Gasteiger partial charge in [-0.1, -0.05) is 33.2 Å². The number of benzene rings is 1. The van der Waals surface area contributed by atoms with Crippen molar-refractivity contribution in [2.75, 3.05) is 6.26 Å². The molecule has 0 radical (unpaired) electrons. The van der Waals surface area contributed by atoms with Gasteiger partial charge in [-0.3, -0.25) is 0 Å². The molecular formula is C8H7ClO2S2. The van der Waals surface area contributed by atoms with Crippen molar-refractivity contribution >= 4 is 39.2 Å². The van der Waals surface area contributed by atoms with Crippen LogP contribution in [0.5, 0.6) is 0 Å². The number of aromatic carboxylic acids is 1. The van der Waals surface area contributed by atoms with Crippen molar-refractivity contribution in [3.63, 3.8) is 0 Å². The monoisotopic (exact) mass is 234 g/mol. The van der Waals surface area contributed by atoms with E-state index in [1.54, 1.807) is 29.0 Å². The second-order valence-electron chi connectivity index (χ2n) is 2.20. The quantitative estimate of drug-likeness (QED) is 0.814. The van der Waals surface area contributed by atoms with Crippen molar-refractivity contribution < 1.29 is 9.90 Å². The topological polar surface area (TPSA) is 37.3 Å². The van der Waals surface area contributed by atoms with E-state index in [0.717, 1.165) is 4.90 Å². The van der Waals surface area contributed by atoms with E-state index in [2.05, 4.69) is 0 Å². The summed E-state index contributed by atoms with van der Waals surface area (Å²) in [6.07, 6.45) is 1.93. The van der Waals surface area contributed by atoms with Crippen LogP contribution in [-0.4, -0.2) is 17.3 Å². The standard InChI is InChI=1S/C8H7ClO2S2/c1-12-13-5-2-3-7(9)6(4-5)8(10)11/h2-4H,1H3,(H,10,11). The average molecular weight is 235 g/mol. The Kier molecular flexibility index (Phi) is 3.96. The Morgan fingerprint density at radius 3 is 2.77 bits per heavy atom. The maximum Gasteiger partial charge on any atom is 0.337 e. The first-order valence-corrected chi connectivity index (χ1v) is 6.32. The zero-order chi connectivity index (χ0) is 9.84.